The number of rotatable bonds is 4. The van der Waals surface area contributed by atoms with Crippen LogP contribution in [0.25, 0.3) is 0 Å². The molecule has 0 radical (unpaired) electrons. The van der Waals surface area contributed by atoms with Crippen molar-refractivity contribution in [2.24, 2.45) is 0 Å². The van der Waals surface area contributed by atoms with E-state index in [0.29, 0.717) is 17.0 Å². The number of hydrogen-bond acceptors (Lipinski definition) is 3. The standard InChI is InChI=1S/C12H15ClN2O2S/c1-4-5-9(3)15-18(16,17)10-6-8(2)12(13)11(14)7-10/h1,6-7,9,15H,5,14H2,2-3H3. The first-order chi connectivity index (χ1) is 8.27. The first-order valence-corrected chi connectivity index (χ1v) is 7.15. The minimum Gasteiger partial charge on any atom is -0.397 e. The Hall–Kier alpha value is -1.22. The first kappa shape index (κ1) is 14.8. The van der Waals surface area contributed by atoms with E-state index >= 15 is 0 Å². The summed E-state index contributed by atoms with van der Waals surface area (Å²) in [6, 6.07) is 2.47. The fourth-order valence-corrected chi connectivity index (χ4v) is 2.94. The summed E-state index contributed by atoms with van der Waals surface area (Å²) < 4.78 is 26.6. The van der Waals surface area contributed by atoms with Crippen molar-refractivity contribution in [3.8, 4) is 12.3 Å². The molecule has 0 aliphatic rings. The third-order valence-corrected chi connectivity index (χ3v) is 4.43. The lowest BCUT2D eigenvalue weighted by Crippen LogP contribution is -2.32. The molecule has 0 amide bonds. The van der Waals surface area contributed by atoms with Crippen molar-refractivity contribution in [3.63, 3.8) is 0 Å². The lowest BCUT2D eigenvalue weighted by atomic mass is 10.2. The smallest absolute Gasteiger partial charge is 0.240 e. The molecule has 1 rings (SSSR count). The molecule has 0 saturated carbocycles. The predicted octanol–water partition coefficient (Wildman–Crippen LogP) is 1.92. The molecule has 0 heterocycles. The largest absolute Gasteiger partial charge is 0.397 e. The monoisotopic (exact) mass is 286 g/mol. The van der Waals surface area contributed by atoms with Gasteiger partial charge in [0.05, 0.1) is 15.6 Å². The number of halogens is 1. The molecule has 0 aliphatic carbocycles. The number of nitrogens with one attached hydrogen (secondary N) is 1. The summed E-state index contributed by atoms with van der Waals surface area (Å²) in [6.45, 7) is 3.39. The number of nitrogen functional groups attached to an aromatic ring is 1. The Kier molecular flexibility index (Phi) is 4.63. The topological polar surface area (TPSA) is 72.2 Å². The molecule has 98 valence electrons. The maximum atomic E-state index is 12.1. The minimum absolute atomic E-state index is 0.0887. The van der Waals surface area contributed by atoms with E-state index in [4.69, 9.17) is 23.8 Å². The average Bonchev–Trinajstić information content (AvgIpc) is 2.24. The van der Waals surface area contributed by atoms with Gasteiger partial charge in [-0.3, -0.25) is 0 Å². The fourth-order valence-electron chi connectivity index (χ4n) is 1.47. The van der Waals surface area contributed by atoms with Crippen molar-refractivity contribution in [1.29, 1.82) is 0 Å². The first-order valence-electron chi connectivity index (χ1n) is 5.29. The summed E-state index contributed by atoms with van der Waals surface area (Å²) >= 11 is 5.89. The molecule has 0 bridgehead atoms. The van der Waals surface area contributed by atoms with Gasteiger partial charge in [0, 0.05) is 12.5 Å². The van der Waals surface area contributed by atoms with Crippen LogP contribution < -0.4 is 10.5 Å². The zero-order valence-electron chi connectivity index (χ0n) is 10.2. The van der Waals surface area contributed by atoms with Crippen LogP contribution >= 0.6 is 11.6 Å². The van der Waals surface area contributed by atoms with Crippen LogP contribution in [0.1, 0.15) is 18.9 Å². The second-order valence-corrected chi connectivity index (χ2v) is 6.17. The second-order valence-electron chi connectivity index (χ2n) is 4.07. The number of terminal acetylenes is 1. The molecular formula is C12H15ClN2O2S. The van der Waals surface area contributed by atoms with Crippen LogP contribution in [-0.2, 0) is 10.0 Å². The van der Waals surface area contributed by atoms with Crippen LogP contribution in [0, 0.1) is 19.3 Å². The van der Waals surface area contributed by atoms with E-state index in [1.54, 1.807) is 13.8 Å². The Balaban J connectivity index is 3.10. The number of anilines is 1. The molecule has 0 aromatic heterocycles. The summed E-state index contributed by atoms with van der Waals surface area (Å²) in [5.74, 6) is 2.40. The zero-order valence-corrected chi connectivity index (χ0v) is 11.8. The van der Waals surface area contributed by atoms with E-state index < -0.39 is 10.0 Å². The number of benzene rings is 1. The van der Waals surface area contributed by atoms with Gasteiger partial charge in [-0.15, -0.1) is 12.3 Å². The van der Waals surface area contributed by atoms with Gasteiger partial charge in [-0.1, -0.05) is 11.6 Å². The molecule has 0 fully saturated rings. The van der Waals surface area contributed by atoms with Crippen LogP contribution in [0.15, 0.2) is 17.0 Å². The molecule has 1 unspecified atom stereocenters. The van der Waals surface area contributed by atoms with Gasteiger partial charge in [-0.2, -0.15) is 0 Å². The molecule has 1 aromatic rings. The SMILES string of the molecule is C#CCC(C)NS(=O)(=O)c1cc(C)c(Cl)c(N)c1. The van der Waals surface area contributed by atoms with Crippen molar-refractivity contribution in [2.45, 2.75) is 31.2 Å². The number of nitrogens with two attached hydrogens (primary N) is 1. The van der Waals surface area contributed by atoms with E-state index in [1.807, 2.05) is 0 Å². The Bertz CT molecular complexity index is 568. The predicted molar refractivity (Wildman–Crippen MR) is 73.8 cm³/mol. The Morgan fingerprint density at radius 2 is 2.17 bits per heavy atom. The highest BCUT2D eigenvalue weighted by atomic mass is 35.5. The number of sulfonamides is 1. The van der Waals surface area contributed by atoms with Crippen LogP contribution in [0.4, 0.5) is 5.69 Å². The molecule has 1 aromatic carbocycles. The van der Waals surface area contributed by atoms with Crippen LogP contribution in [0.2, 0.25) is 5.02 Å². The molecule has 18 heavy (non-hydrogen) atoms. The maximum Gasteiger partial charge on any atom is 0.240 e. The Morgan fingerprint density at radius 3 is 2.67 bits per heavy atom. The second kappa shape index (κ2) is 5.61. The molecule has 0 aliphatic heterocycles. The van der Waals surface area contributed by atoms with Crippen molar-refractivity contribution in [1.82, 2.24) is 4.72 Å². The van der Waals surface area contributed by atoms with Crippen molar-refractivity contribution in [2.75, 3.05) is 5.73 Å². The number of hydrogen-bond donors (Lipinski definition) is 2. The van der Waals surface area contributed by atoms with Gasteiger partial charge < -0.3 is 5.73 Å². The summed E-state index contributed by atoms with van der Waals surface area (Å²) in [4.78, 5) is 0.0887. The molecule has 4 nitrogen and oxygen atoms in total. The number of aryl methyl sites for hydroxylation is 1. The zero-order chi connectivity index (χ0) is 13.9. The van der Waals surface area contributed by atoms with E-state index in [1.165, 1.54) is 12.1 Å². The molecule has 0 saturated heterocycles. The van der Waals surface area contributed by atoms with Gasteiger partial charge in [0.2, 0.25) is 10.0 Å². The maximum absolute atomic E-state index is 12.1. The van der Waals surface area contributed by atoms with Crippen LogP contribution in [-0.4, -0.2) is 14.5 Å². The van der Waals surface area contributed by atoms with Crippen molar-refractivity contribution < 1.29 is 8.42 Å². The van der Waals surface area contributed by atoms with E-state index in [2.05, 4.69) is 10.6 Å². The fraction of sp³-hybridized carbons (Fsp3) is 0.333. The molecule has 1 atom stereocenters. The highest BCUT2D eigenvalue weighted by Gasteiger charge is 2.18. The van der Waals surface area contributed by atoms with Gasteiger partial charge in [0.15, 0.2) is 0 Å². The molecule has 6 heteroatoms. The summed E-state index contributed by atoms with van der Waals surface area (Å²) in [7, 11) is -3.63. The van der Waals surface area contributed by atoms with Gasteiger partial charge in [-0.05, 0) is 31.5 Å². The van der Waals surface area contributed by atoms with Gasteiger partial charge in [0.1, 0.15) is 0 Å². The van der Waals surface area contributed by atoms with E-state index in [0.717, 1.165) is 0 Å². The van der Waals surface area contributed by atoms with Crippen LogP contribution in [0.5, 0.6) is 0 Å². The third kappa shape index (κ3) is 3.39. The lowest BCUT2D eigenvalue weighted by Gasteiger charge is -2.13. The quantitative estimate of drug-likeness (QED) is 0.656. The van der Waals surface area contributed by atoms with Crippen molar-refractivity contribution in [3.05, 3.63) is 22.7 Å². The highest BCUT2D eigenvalue weighted by molar-refractivity contribution is 7.89. The van der Waals surface area contributed by atoms with E-state index in [9.17, 15) is 8.42 Å². The van der Waals surface area contributed by atoms with Gasteiger partial charge >= 0.3 is 0 Å². The Labute approximate surface area is 113 Å². The van der Waals surface area contributed by atoms with Gasteiger partial charge in [0.25, 0.3) is 0 Å². The minimum atomic E-state index is -3.63. The molecule has 3 N–H and O–H groups in total. The highest BCUT2D eigenvalue weighted by Crippen LogP contribution is 2.26. The lowest BCUT2D eigenvalue weighted by molar-refractivity contribution is 0.563. The third-order valence-electron chi connectivity index (χ3n) is 2.35. The van der Waals surface area contributed by atoms with Crippen LogP contribution in [0.3, 0.4) is 0 Å². The normalized spacial score (nSPS) is 13.0. The van der Waals surface area contributed by atoms with Gasteiger partial charge in [-0.25, -0.2) is 13.1 Å². The average molecular weight is 287 g/mol. The summed E-state index contributed by atoms with van der Waals surface area (Å²) in [5, 5.41) is 0.366. The Morgan fingerprint density at radius 1 is 1.56 bits per heavy atom. The molecular weight excluding hydrogens is 272 g/mol. The summed E-state index contributed by atoms with van der Waals surface area (Å²) in [5.41, 5.74) is 6.50. The summed E-state index contributed by atoms with van der Waals surface area (Å²) in [6.07, 6.45) is 5.45. The van der Waals surface area contributed by atoms with Crippen molar-refractivity contribution >= 4 is 27.3 Å². The van der Waals surface area contributed by atoms with E-state index in [-0.39, 0.29) is 16.6 Å². The molecule has 0 spiro atoms.